The van der Waals surface area contributed by atoms with Crippen molar-refractivity contribution >= 4 is 22.5 Å². The van der Waals surface area contributed by atoms with Crippen molar-refractivity contribution in [1.82, 2.24) is 4.98 Å². The minimum absolute atomic E-state index is 0.281. The molecule has 0 radical (unpaired) electrons. The summed E-state index contributed by atoms with van der Waals surface area (Å²) in [5.41, 5.74) is 3.43. The first-order valence-corrected chi connectivity index (χ1v) is 5.56. The summed E-state index contributed by atoms with van der Waals surface area (Å²) >= 11 is 0. The van der Waals surface area contributed by atoms with E-state index in [0.29, 0.717) is 23.9 Å². The Hall–Kier alpha value is -2.10. The quantitative estimate of drug-likeness (QED) is 0.815. The van der Waals surface area contributed by atoms with Gasteiger partial charge in [-0.25, -0.2) is 4.79 Å². The van der Waals surface area contributed by atoms with Crippen molar-refractivity contribution in [3.63, 3.8) is 0 Å². The zero-order chi connectivity index (χ0) is 11.8. The maximum absolute atomic E-state index is 11.1. The van der Waals surface area contributed by atoms with Crippen LogP contribution in [0.3, 0.4) is 0 Å². The van der Waals surface area contributed by atoms with Gasteiger partial charge >= 0.3 is 5.76 Å². The number of allylic oxidation sites excluding steroid dienone is 2. The summed E-state index contributed by atoms with van der Waals surface area (Å²) in [4.78, 5) is 24.8. The average Bonchev–Trinajstić information content (AvgIpc) is 2.69. The topological polar surface area (TPSA) is 63.1 Å². The highest BCUT2D eigenvalue weighted by Crippen LogP contribution is 2.27. The molecule has 1 N–H and O–H groups in total. The third kappa shape index (κ3) is 1.82. The molecule has 1 aromatic carbocycles. The molecule has 0 atom stereocenters. The van der Waals surface area contributed by atoms with Crippen LogP contribution in [-0.4, -0.2) is 10.8 Å². The van der Waals surface area contributed by atoms with Crippen molar-refractivity contribution in [2.45, 2.75) is 19.3 Å². The predicted octanol–water partition coefficient (Wildman–Crippen LogP) is 2.26. The van der Waals surface area contributed by atoms with Crippen LogP contribution in [0, 0.1) is 0 Å². The molecule has 86 valence electrons. The fourth-order valence-electron chi connectivity index (χ4n) is 2.12. The molecule has 0 saturated carbocycles. The molecule has 4 heteroatoms. The van der Waals surface area contributed by atoms with Crippen LogP contribution in [0.5, 0.6) is 0 Å². The molecule has 0 unspecified atom stereocenters. The molecule has 0 saturated heterocycles. The average molecular weight is 229 g/mol. The molecular weight excluding hydrogens is 218 g/mol. The number of fused-ring (bicyclic) bond motifs is 1. The summed E-state index contributed by atoms with van der Waals surface area (Å²) in [6.45, 7) is 0. The van der Waals surface area contributed by atoms with Crippen LogP contribution in [0.4, 0.5) is 0 Å². The number of nitrogens with one attached hydrogen (secondary N) is 1. The minimum Gasteiger partial charge on any atom is -0.408 e. The third-order valence-corrected chi connectivity index (χ3v) is 3.04. The first-order chi connectivity index (χ1) is 8.22. The highest BCUT2D eigenvalue weighted by Gasteiger charge is 2.12. The van der Waals surface area contributed by atoms with Crippen molar-refractivity contribution in [2.75, 3.05) is 0 Å². The Morgan fingerprint density at radius 1 is 1.18 bits per heavy atom. The van der Waals surface area contributed by atoms with Crippen molar-refractivity contribution in [2.24, 2.45) is 0 Å². The molecule has 0 amide bonds. The van der Waals surface area contributed by atoms with Crippen LogP contribution in [-0.2, 0) is 4.79 Å². The van der Waals surface area contributed by atoms with Crippen LogP contribution >= 0.6 is 0 Å². The monoisotopic (exact) mass is 229 g/mol. The highest BCUT2D eigenvalue weighted by molar-refractivity contribution is 5.88. The van der Waals surface area contributed by atoms with Gasteiger partial charge in [-0.1, -0.05) is 12.1 Å². The lowest BCUT2D eigenvalue weighted by Crippen LogP contribution is -2.02. The van der Waals surface area contributed by atoms with Crippen LogP contribution < -0.4 is 5.76 Å². The Morgan fingerprint density at radius 3 is 2.82 bits per heavy atom. The Labute approximate surface area is 96.9 Å². The zero-order valence-corrected chi connectivity index (χ0v) is 9.16. The maximum Gasteiger partial charge on any atom is 0.417 e. The molecule has 1 aliphatic rings. The number of Topliss-reactive ketones (excluding diaryl/α,β-unsaturated/α-hetero) is 1. The van der Waals surface area contributed by atoms with Crippen LogP contribution in [0.25, 0.3) is 16.7 Å². The summed E-state index contributed by atoms with van der Waals surface area (Å²) in [6, 6.07) is 5.61. The van der Waals surface area contributed by atoms with Gasteiger partial charge in [-0.3, -0.25) is 9.78 Å². The number of aromatic nitrogens is 1. The number of H-pyrrole nitrogens is 1. The predicted molar refractivity (Wildman–Crippen MR) is 63.7 cm³/mol. The van der Waals surface area contributed by atoms with Crippen molar-refractivity contribution in [3.8, 4) is 0 Å². The van der Waals surface area contributed by atoms with Crippen molar-refractivity contribution in [1.29, 1.82) is 0 Å². The highest BCUT2D eigenvalue weighted by atomic mass is 16.4. The summed E-state index contributed by atoms with van der Waals surface area (Å²) in [6.07, 6.45) is 3.82. The molecule has 1 heterocycles. The second-order valence-electron chi connectivity index (χ2n) is 4.20. The summed E-state index contributed by atoms with van der Waals surface area (Å²) < 4.78 is 5.02. The van der Waals surface area contributed by atoms with Gasteiger partial charge < -0.3 is 4.42 Å². The molecular formula is C13H11NO3. The largest absolute Gasteiger partial charge is 0.417 e. The van der Waals surface area contributed by atoms with Crippen LogP contribution in [0.15, 0.2) is 33.5 Å². The first-order valence-electron chi connectivity index (χ1n) is 5.56. The number of carbonyl (C=O) groups excluding carboxylic acids is 1. The SMILES string of the molecule is O=C1CC=C(c2ccc3[nH]c(=O)oc3c2)CC1. The number of oxazole rings is 1. The standard InChI is InChI=1S/C13H11NO3/c15-10-4-1-8(2-5-10)9-3-6-11-12(7-9)17-13(16)14-11/h1,3,6-7H,2,4-5H2,(H,14,16). The number of carbonyl (C=O) groups is 1. The van der Waals surface area contributed by atoms with Gasteiger partial charge in [-0.2, -0.15) is 0 Å². The molecule has 0 fully saturated rings. The molecule has 0 aliphatic heterocycles. The first kappa shape index (κ1) is 10.1. The number of benzene rings is 1. The summed E-state index contributed by atoms with van der Waals surface area (Å²) in [5.74, 6) is -0.159. The lowest BCUT2D eigenvalue weighted by atomic mass is 9.93. The Morgan fingerprint density at radius 2 is 2.06 bits per heavy atom. The van der Waals surface area contributed by atoms with Gasteiger partial charge in [0.25, 0.3) is 0 Å². The zero-order valence-electron chi connectivity index (χ0n) is 9.16. The molecule has 3 rings (SSSR count). The molecule has 4 nitrogen and oxygen atoms in total. The van der Waals surface area contributed by atoms with E-state index in [1.54, 1.807) is 0 Å². The third-order valence-electron chi connectivity index (χ3n) is 3.04. The van der Waals surface area contributed by atoms with Gasteiger partial charge in [-0.15, -0.1) is 0 Å². The molecule has 1 aliphatic carbocycles. The second kappa shape index (κ2) is 3.73. The van der Waals surface area contributed by atoms with Gasteiger partial charge in [-0.05, 0) is 29.7 Å². The van der Waals surface area contributed by atoms with E-state index in [4.69, 9.17) is 4.42 Å². The maximum atomic E-state index is 11.1. The van der Waals surface area contributed by atoms with E-state index in [-0.39, 0.29) is 5.78 Å². The van der Waals surface area contributed by atoms with Gasteiger partial charge in [0.15, 0.2) is 5.58 Å². The number of ketones is 1. The second-order valence-corrected chi connectivity index (χ2v) is 4.20. The van der Waals surface area contributed by atoms with Crippen molar-refractivity contribution in [3.05, 3.63) is 40.4 Å². The number of rotatable bonds is 1. The Balaban J connectivity index is 2.06. The Kier molecular flexibility index (Phi) is 2.21. The van der Waals surface area contributed by atoms with Gasteiger partial charge in [0, 0.05) is 12.8 Å². The number of aromatic amines is 1. The lowest BCUT2D eigenvalue weighted by molar-refractivity contribution is -0.118. The van der Waals surface area contributed by atoms with Crippen LogP contribution in [0.1, 0.15) is 24.8 Å². The fourth-order valence-corrected chi connectivity index (χ4v) is 2.12. The number of hydrogen-bond acceptors (Lipinski definition) is 3. The van der Waals surface area contributed by atoms with E-state index in [1.165, 1.54) is 0 Å². The van der Waals surface area contributed by atoms with E-state index in [2.05, 4.69) is 4.98 Å². The molecule has 17 heavy (non-hydrogen) atoms. The van der Waals surface area contributed by atoms with E-state index in [0.717, 1.165) is 17.6 Å². The molecule has 2 aromatic rings. The summed E-state index contributed by atoms with van der Waals surface area (Å²) in [7, 11) is 0. The van der Waals surface area contributed by atoms with Crippen LogP contribution in [0.2, 0.25) is 0 Å². The molecule has 1 aromatic heterocycles. The Bertz CT molecular complexity index is 675. The molecule has 0 bridgehead atoms. The fraction of sp³-hybridized carbons (Fsp3) is 0.231. The van der Waals surface area contributed by atoms with Gasteiger partial charge in [0.2, 0.25) is 0 Å². The van der Waals surface area contributed by atoms with E-state index in [1.807, 2.05) is 24.3 Å². The van der Waals surface area contributed by atoms with E-state index >= 15 is 0 Å². The summed E-state index contributed by atoms with van der Waals surface area (Å²) in [5, 5.41) is 0. The van der Waals surface area contributed by atoms with Crippen molar-refractivity contribution < 1.29 is 9.21 Å². The minimum atomic E-state index is -0.440. The normalized spacial score (nSPS) is 16.2. The lowest BCUT2D eigenvalue weighted by Gasteiger charge is -2.11. The number of hydrogen-bond donors (Lipinski definition) is 1. The van der Waals surface area contributed by atoms with Gasteiger partial charge in [0.1, 0.15) is 5.78 Å². The van der Waals surface area contributed by atoms with E-state index in [9.17, 15) is 9.59 Å². The van der Waals surface area contributed by atoms with Gasteiger partial charge in [0.05, 0.1) is 5.52 Å². The molecule has 0 spiro atoms. The van der Waals surface area contributed by atoms with E-state index < -0.39 is 5.76 Å². The smallest absolute Gasteiger partial charge is 0.408 e.